The quantitative estimate of drug-likeness (QED) is 0.429. The minimum Gasteiger partial charge on any atom is -0.269 e. The molecule has 64 valence electrons. The van der Waals surface area contributed by atoms with E-state index in [-0.39, 0.29) is 8.46 Å². The molecule has 0 N–H and O–H groups in total. The maximum absolute atomic E-state index is 10.7. The molecule has 0 aliphatic rings. The van der Waals surface area contributed by atoms with Gasteiger partial charge in [0.15, 0.2) is 8.46 Å². The molecule has 0 aliphatic heterocycles. The van der Waals surface area contributed by atoms with Crippen molar-refractivity contribution < 1.29 is 4.57 Å². The Labute approximate surface area is 101 Å². The van der Waals surface area contributed by atoms with Gasteiger partial charge in [0.05, 0.1) is 0 Å². The summed E-state index contributed by atoms with van der Waals surface area (Å²) in [6.45, 7) is 0. The van der Waals surface area contributed by atoms with Gasteiger partial charge in [-0.15, -0.1) is 0 Å². The van der Waals surface area contributed by atoms with E-state index in [0.29, 0.717) is 0 Å². The normalized spacial score (nSPS) is 10.5. The SMILES string of the molecule is O=Pc1cccc(CI)c1CI. The van der Waals surface area contributed by atoms with E-state index in [4.69, 9.17) is 0 Å². The van der Waals surface area contributed by atoms with Crippen molar-refractivity contribution in [2.45, 2.75) is 8.86 Å². The van der Waals surface area contributed by atoms with Gasteiger partial charge in [0.1, 0.15) is 0 Å². The second-order valence-corrected chi connectivity index (χ2v) is 4.46. The maximum atomic E-state index is 10.7. The van der Waals surface area contributed by atoms with Crippen LogP contribution in [-0.4, -0.2) is 0 Å². The van der Waals surface area contributed by atoms with Crippen LogP contribution in [0, 0.1) is 0 Å². The lowest BCUT2D eigenvalue weighted by atomic mass is 10.1. The third-order valence-electron chi connectivity index (χ3n) is 1.62. The van der Waals surface area contributed by atoms with Gasteiger partial charge >= 0.3 is 0 Å². The molecular weight excluding hydrogens is 397 g/mol. The van der Waals surface area contributed by atoms with Crippen LogP contribution >= 0.6 is 53.6 Å². The van der Waals surface area contributed by atoms with E-state index in [2.05, 4.69) is 51.2 Å². The summed E-state index contributed by atoms with van der Waals surface area (Å²) in [5, 5.41) is 0.929. The van der Waals surface area contributed by atoms with Crippen molar-refractivity contribution in [3.63, 3.8) is 0 Å². The average molecular weight is 404 g/mol. The summed E-state index contributed by atoms with van der Waals surface area (Å²) >= 11 is 4.63. The molecule has 0 unspecified atom stereocenters. The molecule has 0 radical (unpaired) electrons. The van der Waals surface area contributed by atoms with Gasteiger partial charge in [-0.2, -0.15) is 0 Å². The highest BCUT2D eigenvalue weighted by atomic mass is 127. The van der Waals surface area contributed by atoms with Crippen molar-refractivity contribution >= 4 is 58.9 Å². The van der Waals surface area contributed by atoms with E-state index in [1.807, 2.05) is 12.1 Å². The summed E-state index contributed by atoms with van der Waals surface area (Å²) in [5.74, 6) is 0. The molecule has 0 aromatic heterocycles. The number of alkyl halides is 2. The highest BCUT2D eigenvalue weighted by Crippen LogP contribution is 2.17. The van der Waals surface area contributed by atoms with Gasteiger partial charge in [-0.1, -0.05) is 57.3 Å². The molecule has 12 heavy (non-hydrogen) atoms. The lowest BCUT2D eigenvalue weighted by molar-refractivity contribution is 0.603. The Balaban J connectivity index is 3.21. The Morgan fingerprint density at radius 2 is 2.00 bits per heavy atom. The first-order valence-corrected chi connectivity index (χ1v) is 7.26. The summed E-state index contributed by atoms with van der Waals surface area (Å²) in [4.78, 5) is 0. The summed E-state index contributed by atoms with van der Waals surface area (Å²) < 4.78 is 12.7. The van der Waals surface area contributed by atoms with Gasteiger partial charge < -0.3 is 0 Å². The first-order chi connectivity index (χ1) is 5.83. The Morgan fingerprint density at radius 1 is 1.25 bits per heavy atom. The number of rotatable bonds is 3. The molecule has 1 aromatic carbocycles. The fourth-order valence-electron chi connectivity index (χ4n) is 0.986. The van der Waals surface area contributed by atoms with Gasteiger partial charge in [0.25, 0.3) is 0 Å². The zero-order valence-corrected chi connectivity index (χ0v) is 11.5. The zero-order chi connectivity index (χ0) is 8.97. The molecule has 0 saturated carbocycles. The molecule has 0 atom stereocenters. The molecule has 0 spiro atoms. The predicted octanol–water partition coefficient (Wildman–Crippen LogP) is 3.47. The second kappa shape index (κ2) is 5.50. The van der Waals surface area contributed by atoms with Crippen molar-refractivity contribution in [2.75, 3.05) is 0 Å². The van der Waals surface area contributed by atoms with Crippen LogP contribution in [0.1, 0.15) is 11.1 Å². The molecule has 0 bridgehead atoms. The first-order valence-electron chi connectivity index (χ1n) is 3.39. The molecule has 0 saturated heterocycles. The van der Waals surface area contributed by atoms with Gasteiger partial charge in [0.2, 0.25) is 0 Å². The summed E-state index contributed by atoms with van der Waals surface area (Å²) in [6.07, 6.45) is 0. The minimum atomic E-state index is 0.134. The fraction of sp³-hybridized carbons (Fsp3) is 0.250. The Bertz CT molecular complexity index is 288. The molecule has 0 amide bonds. The molecule has 1 nitrogen and oxygen atoms in total. The van der Waals surface area contributed by atoms with Crippen molar-refractivity contribution in [3.8, 4) is 0 Å². The van der Waals surface area contributed by atoms with E-state index >= 15 is 0 Å². The third-order valence-corrected chi connectivity index (χ3v) is 3.82. The van der Waals surface area contributed by atoms with Crippen LogP contribution in [0.25, 0.3) is 0 Å². The maximum Gasteiger partial charge on any atom is 0.192 e. The summed E-state index contributed by atoms with van der Waals surface area (Å²) in [7, 11) is 0.134. The lowest BCUT2D eigenvalue weighted by Crippen LogP contribution is -2.03. The van der Waals surface area contributed by atoms with E-state index in [1.165, 1.54) is 11.1 Å². The van der Waals surface area contributed by atoms with Crippen LogP contribution in [0.4, 0.5) is 0 Å². The zero-order valence-electron chi connectivity index (χ0n) is 6.26. The van der Waals surface area contributed by atoms with Crippen molar-refractivity contribution in [2.24, 2.45) is 0 Å². The second-order valence-electron chi connectivity index (χ2n) is 2.27. The molecule has 0 fully saturated rings. The van der Waals surface area contributed by atoms with Crippen molar-refractivity contribution in [1.82, 2.24) is 0 Å². The average Bonchev–Trinajstić information content (AvgIpc) is 2.16. The highest BCUT2D eigenvalue weighted by molar-refractivity contribution is 14.1. The number of hydrogen-bond acceptors (Lipinski definition) is 1. The summed E-state index contributed by atoms with van der Waals surface area (Å²) in [5.41, 5.74) is 2.52. The van der Waals surface area contributed by atoms with Gasteiger partial charge in [-0.3, -0.25) is 4.57 Å². The van der Waals surface area contributed by atoms with Crippen molar-refractivity contribution in [1.29, 1.82) is 0 Å². The molecule has 0 aliphatic carbocycles. The van der Waals surface area contributed by atoms with Crippen LogP contribution in [0.5, 0.6) is 0 Å². The number of benzene rings is 1. The van der Waals surface area contributed by atoms with Crippen LogP contribution in [0.2, 0.25) is 0 Å². The molecule has 1 aromatic rings. The Morgan fingerprint density at radius 3 is 2.50 bits per heavy atom. The fourth-order valence-corrected chi connectivity index (χ4v) is 3.38. The number of halogens is 2. The largest absolute Gasteiger partial charge is 0.269 e. The van der Waals surface area contributed by atoms with Gasteiger partial charge in [-0.25, -0.2) is 0 Å². The van der Waals surface area contributed by atoms with Crippen LogP contribution in [-0.2, 0) is 13.4 Å². The molecule has 0 heterocycles. The predicted molar refractivity (Wildman–Crippen MR) is 69.1 cm³/mol. The Hall–Kier alpha value is 0.780. The van der Waals surface area contributed by atoms with Crippen LogP contribution in [0.3, 0.4) is 0 Å². The summed E-state index contributed by atoms with van der Waals surface area (Å²) in [6, 6.07) is 5.97. The lowest BCUT2D eigenvalue weighted by Gasteiger charge is -2.04. The highest BCUT2D eigenvalue weighted by Gasteiger charge is 2.05. The van der Waals surface area contributed by atoms with Gasteiger partial charge in [-0.05, 0) is 17.2 Å². The van der Waals surface area contributed by atoms with E-state index in [0.717, 1.165) is 14.2 Å². The molecular formula is C8H7I2OP. The first kappa shape index (κ1) is 10.9. The van der Waals surface area contributed by atoms with E-state index in [9.17, 15) is 4.57 Å². The van der Waals surface area contributed by atoms with Gasteiger partial charge in [0, 0.05) is 14.2 Å². The minimum absolute atomic E-state index is 0.134. The Kier molecular flexibility index (Phi) is 4.97. The topological polar surface area (TPSA) is 17.1 Å². The standard InChI is InChI=1S/C8H7I2OP/c9-4-6-2-1-3-8(12-11)7(6)5-10/h1-3H,4-5H2. The van der Waals surface area contributed by atoms with E-state index < -0.39 is 0 Å². The van der Waals surface area contributed by atoms with Crippen molar-refractivity contribution in [3.05, 3.63) is 29.3 Å². The van der Waals surface area contributed by atoms with E-state index in [1.54, 1.807) is 0 Å². The smallest absolute Gasteiger partial charge is 0.192 e. The molecule has 1 rings (SSSR count). The van der Waals surface area contributed by atoms with Crippen LogP contribution in [0.15, 0.2) is 18.2 Å². The molecule has 4 heteroatoms. The number of hydrogen-bond donors (Lipinski definition) is 0. The van der Waals surface area contributed by atoms with Crippen LogP contribution < -0.4 is 5.30 Å². The monoisotopic (exact) mass is 404 g/mol. The third kappa shape index (κ3) is 2.39.